The van der Waals surface area contributed by atoms with Crippen LogP contribution < -0.4 is 10.1 Å². The number of ether oxygens (including phenoxy) is 2. The van der Waals surface area contributed by atoms with Gasteiger partial charge in [-0.3, -0.25) is 4.79 Å². The molecule has 166 valence electrons. The first-order valence-electron chi connectivity index (χ1n) is 10.4. The minimum Gasteiger partial charge on any atom is -0.489 e. The van der Waals surface area contributed by atoms with Gasteiger partial charge < -0.3 is 19.7 Å². The Kier molecular flexibility index (Phi) is 7.44. The van der Waals surface area contributed by atoms with Crippen molar-refractivity contribution in [3.8, 4) is 5.75 Å². The molecule has 6 nitrogen and oxygen atoms in total. The lowest BCUT2D eigenvalue weighted by Crippen LogP contribution is -2.37. The molecular weight excluding hydrogens is 416 g/mol. The number of likely N-dealkylation sites (tertiary alicyclic amines) is 1. The third kappa shape index (κ3) is 7.17. The van der Waals surface area contributed by atoms with Gasteiger partial charge in [0.1, 0.15) is 18.0 Å². The summed E-state index contributed by atoms with van der Waals surface area (Å²) in [6.45, 7) is 7.31. The number of hydrogen-bond donors (Lipinski definition) is 1. The van der Waals surface area contributed by atoms with Crippen LogP contribution in [0.2, 0.25) is 5.02 Å². The van der Waals surface area contributed by atoms with E-state index in [9.17, 15) is 9.59 Å². The molecule has 0 saturated carbocycles. The second kappa shape index (κ2) is 10.1. The van der Waals surface area contributed by atoms with Crippen molar-refractivity contribution in [2.24, 2.45) is 5.92 Å². The highest BCUT2D eigenvalue weighted by atomic mass is 35.5. The Labute approximate surface area is 188 Å². The molecule has 2 aromatic rings. The third-order valence-corrected chi connectivity index (χ3v) is 5.17. The molecule has 3 rings (SSSR count). The highest BCUT2D eigenvalue weighted by Gasteiger charge is 2.33. The monoisotopic (exact) mass is 444 g/mol. The van der Waals surface area contributed by atoms with E-state index in [0.29, 0.717) is 37.7 Å². The van der Waals surface area contributed by atoms with Crippen molar-refractivity contribution in [1.29, 1.82) is 0 Å². The van der Waals surface area contributed by atoms with Gasteiger partial charge in [0, 0.05) is 24.7 Å². The highest BCUT2D eigenvalue weighted by Crippen LogP contribution is 2.20. The van der Waals surface area contributed by atoms with E-state index in [1.807, 2.05) is 69.3 Å². The van der Waals surface area contributed by atoms with Crippen molar-refractivity contribution in [2.75, 3.05) is 13.1 Å². The van der Waals surface area contributed by atoms with Crippen LogP contribution in [-0.4, -0.2) is 35.6 Å². The second-order valence-corrected chi connectivity index (χ2v) is 9.13. The average molecular weight is 445 g/mol. The first-order chi connectivity index (χ1) is 14.7. The number of hydrogen-bond acceptors (Lipinski definition) is 4. The number of carbonyl (C=O) groups is 2. The molecule has 0 unspecified atom stereocenters. The summed E-state index contributed by atoms with van der Waals surface area (Å²) in [6, 6.07) is 15.2. The maximum atomic E-state index is 12.5. The molecule has 0 radical (unpaired) electrons. The minimum atomic E-state index is -0.540. The Bertz CT molecular complexity index is 891. The quantitative estimate of drug-likeness (QED) is 0.695. The summed E-state index contributed by atoms with van der Waals surface area (Å²) in [5.74, 6) is 0.498. The Morgan fingerprint density at radius 1 is 1.06 bits per heavy atom. The van der Waals surface area contributed by atoms with Crippen LogP contribution in [0.25, 0.3) is 0 Å². The zero-order valence-electron chi connectivity index (χ0n) is 18.2. The first kappa shape index (κ1) is 22.9. The minimum absolute atomic E-state index is 0.0471. The predicted molar refractivity (Wildman–Crippen MR) is 120 cm³/mol. The molecule has 31 heavy (non-hydrogen) atoms. The molecule has 0 spiro atoms. The summed E-state index contributed by atoms with van der Waals surface area (Å²) in [7, 11) is 0. The third-order valence-electron chi connectivity index (χ3n) is 4.92. The van der Waals surface area contributed by atoms with Gasteiger partial charge in [-0.15, -0.1) is 0 Å². The molecule has 1 N–H and O–H groups in total. The van der Waals surface area contributed by atoms with Crippen molar-refractivity contribution in [3.63, 3.8) is 0 Å². The van der Waals surface area contributed by atoms with Crippen LogP contribution in [0.1, 0.15) is 38.3 Å². The summed E-state index contributed by atoms with van der Waals surface area (Å²) >= 11 is 5.89. The van der Waals surface area contributed by atoms with Gasteiger partial charge in [0.15, 0.2) is 0 Å². The first-order valence-corrected chi connectivity index (χ1v) is 10.8. The van der Waals surface area contributed by atoms with E-state index in [4.69, 9.17) is 21.1 Å². The highest BCUT2D eigenvalue weighted by molar-refractivity contribution is 6.30. The van der Waals surface area contributed by atoms with Crippen LogP contribution >= 0.6 is 11.6 Å². The lowest BCUT2D eigenvalue weighted by Gasteiger charge is -2.24. The summed E-state index contributed by atoms with van der Waals surface area (Å²) in [5, 5.41) is 3.66. The molecule has 0 bridgehead atoms. The van der Waals surface area contributed by atoms with Gasteiger partial charge in [0.25, 0.3) is 0 Å². The van der Waals surface area contributed by atoms with E-state index in [-0.39, 0.29) is 17.9 Å². The Morgan fingerprint density at radius 3 is 2.35 bits per heavy atom. The van der Waals surface area contributed by atoms with Gasteiger partial charge in [-0.2, -0.15) is 0 Å². The van der Waals surface area contributed by atoms with E-state index >= 15 is 0 Å². The van der Waals surface area contributed by atoms with Crippen LogP contribution in [0.5, 0.6) is 5.75 Å². The van der Waals surface area contributed by atoms with Crippen molar-refractivity contribution in [2.45, 2.75) is 45.9 Å². The standard InChI is InChI=1S/C24H29ClN2O4/c1-24(2,3)31-23(29)27-13-12-19(15-27)22(28)26-14-17-6-10-21(11-7-17)30-16-18-4-8-20(25)9-5-18/h4-11,19H,12-16H2,1-3H3,(H,26,28)/t19-/m0/s1. The van der Waals surface area contributed by atoms with Gasteiger partial charge in [-0.1, -0.05) is 35.9 Å². The maximum absolute atomic E-state index is 12.5. The molecule has 7 heteroatoms. The second-order valence-electron chi connectivity index (χ2n) is 8.69. The van der Waals surface area contributed by atoms with E-state index in [0.717, 1.165) is 16.9 Å². The number of rotatable bonds is 6. The summed E-state index contributed by atoms with van der Waals surface area (Å²) in [5.41, 5.74) is 1.48. The molecule has 1 aliphatic rings. The van der Waals surface area contributed by atoms with Crippen molar-refractivity contribution in [3.05, 3.63) is 64.7 Å². The van der Waals surface area contributed by atoms with Gasteiger partial charge in [-0.25, -0.2) is 4.79 Å². The van der Waals surface area contributed by atoms with Gasteiger partial charge in [-0.05, 0) is 62.6 Å². The van der Waals surface area contributed by atoms with E-state index in [2.05, 4.69) is 5.32 Å². The van der Waals surface area contributed by atoms with Gasteiger partial charge in [0.05, 0.1) is 5.92 Å². The Balaban J connectivity index is 1.42. The summed E-state index contributed by atoms with van der Waals surface area (Å²) in [4.78, 5) is 26.3. The molecular formula is C24H29ClN2O4. The van der Waals surface area contributed by atoms with Gasteiger partial charge in [0.2, 0.25) is 5.91 Å². The molecule has 2 aromatic carbocycles. The van der Waals surface area contributed by atoms with Crippen LogP contribution in [0.15, 0.2) is 48.5 Å². The van der Waals surface area contributed by atoms with Crippen molar-refractivity contribution >= 4 is 23.6 Å². The fourth-order valence-corrected chi connectivity index (χ4v) is 3.38. The smallest absolute Gasteiger partial charge is 0.410 e. The van der Waals surface area contributed by atoms with E-state index < -0.39 is 5.60 Å². The van der Waals surface area contributed by atoms with E-state index in [1.54, 1.807) is 4.90 Å². The normalized spacial score (nSPS) is 16.1. The zero-order chi connectivity index (χ0) is 22.4. The van der Waals surface area contributed by atoms with Crippen LogP contribution in [0.3, 0.4) is 0 Å². The van der Waals surface area contributed by atoms with Crippen LogP contribution in [0, 0.1) is 5.92 Å². The fourth-order valence-electron chi connectivity index (χ4n) is 3.25. The van der Waals surface area contributed by atoms with Gasteiger partial charge >= 0.3 is 6.09 Å². The molecule has 1 saturated heterocycles. The maximum Gasteiger partial charge on any atom is 0.410 e. The van der Waals surface area contributed by atoms with Crippen LogP contribution in [0.4, 0.5) is 4.79 Å². The van der Waals surface area contributed by atoms with E-state index in [1.165, 1.54) is 0 Å². The Hall–Kier alpha value is -2.73. The number of nitrogens with zero attached hydrogens (tertiary/aromatic N) is 1. The lowest BCUT2D eigenvalue weighted by atomic mass is 10.1. The molecule has 1 aliphatic heterocycles. The number of nitrogens with one attached hydrogen (secondary N) is 1. The van der Waals surface area contributed by atoms with Crippen molar-refractivity contribution in [1.82, 2.24) is 10.2 Å². The molecule has 2 amide bonds. The van der Waals surface area contributed by atoms with Crippen molar-refractivity contribution < 1.29 is 19.1 Å². The SMILES string of the molecule is CC(C)(C)OC(=O)N1CC[C@H](C(=O)NCc2ccc(OCc3ccc(Cl)cc3)cc2)C1. The number of halogens is 1. The zero-order valence-corrected chi connectivity index (χ0v) is 18.9. The average Bonchev–Trinajstić information content (AvgIpc) is 3.22. The van der Waals surface area contributed by atoms with Crippen LogP contribution in [-0.2, 0) is 22.7 Å². The topological polar surface area (TPSA) is 67.9 Å². The molecule has 0 aliphatic carbocycles. The largest absolute Gasteiger partial charge is 0.489 e. The number of benzene rings is 2. The summed E-state index contributed by atoms with van der Waals surface area (Å²) < 4.78 is 11.2. The predicted octanol–water partition coefficient (Wildman–Crippen LogP) is 4.79. The number of carbonyl (C=O) groups excluding carboxylic acids is 2. The number of amides is 2. The molecule has 1 heterocycles. The summed E-state index contributed by atoms with van der Waals surface area (Å²) in [6.07, 6.45) is 0.278. The Morgan fingerprint density at radius 2 is 1.71 bits per heavy atom. The molecule has 1 atom stereocenters. The fraction of sp³-hybridized carbons (Fsp3) is 0.417. The lowest BCUT2D eigenvalue weighted by molar-refractivity contribution is -0.124. The molecule has 0 aromatic heterocycles. The molecule has 1 fully saturated rings.